The predicted molar refractivity (Wildman–Crippen MR) is 113 cm³/mol. The number of benzene rings is 1. The smallest absolute Gasteiger partial charge is 0.194 e. The molecule has 0 radical (unpaired) electrons. The highest BCUT2D eigenvalue weighted by molar-refractivity contribution is 14.0. The zero-order chi connectivity index (χ0) is 17.4. The van der Waals surface area contributed by atoms with Crippen molar-refractivity contribution in [3.63, 3.8) is 0 Å². The van der Waals surface area contributed by atoms with Crippen molar-refractivity contribution in [1.82, 2.24) is 20.0 Å². The molecule has 138 valence electrons. The monoisotopic (exact) mass is 457 g/mol. The van der Waals surface area contributed by atoms with Crippen LogP contribution in [-0.4, -0.2) is 40.8 Å². The predicted octanol–water partition coefficient (Wildman–Crippen LogP) is 3.03. The average molecular weight is 457 g/mol. The first-order valence-electron chi connectivity index (χ1n) is 8.32. The summed E-state index contributed by atoms with van der Waals surface area (Å²) in [5, 5.41) is 7.52. The third kappa shape index (κ3) is 6.56. The largest absolute Gasteiger partial charge is 0.494 e. The number of aliphatic imine (C=N–C) groups is 1. The SMILES string of the molecule is CCNC(=NCc1ccnn1C)N(C)Cc1ccc(OCC)cc1.I. The number of hydrogen-bond donors (Lipinski definition) is 1. The van der Waals surface area contributed by atoms with Gasteiger partial charge in [-0.15, -0.1) is 24.0 Å². The van der Waals surface area contributed by atoms with E-state index in [2.05, 4.69) is 34.4 Å². The van der Waals surface area contributed by atoms with Gasteiger partial charge < -0.3 is 15.0 Å². The van der Waals surface area contributed by atoms with Crippen LogP contribution >= 0.6 is 24.0 Å². The molecule has 0 aliphatic rings. The molecule has 0 atom stereocenters. The summed E-state index contributed by atoms with van der Waals surface area (Å²) in [6.45, 7) is 6.96. The van der Waals surface area contributed by atoms with E-state index in [1.807, 2.05) is 43.9 Å². The first-order chi connectivity index (χ1) is 11.6. The van der Waals surface area contributed by atoms with E-state index in [1.54, 1.807) is 6.20 Å². The molecule has 1 heterocycles. The van der Waals surface area contributed by atoms with E-state index in [-0.39, 0.29) is 24.0 Å². The van der Waals surface area contributed by atoms with Crippen LogP contribution in [0.3, 0.4) is 0 Å². The van der Waals surface area contributed by atoms with Crippen LogP contribution in [0.5, 0.6) is 5.75 Å². The molecular formula is C18H28IN5O. The second-order valence-electron chi connectivity index (χ2n) is 5.55. The summed E-state index contributed by atoms with van der Waals surface area (Å²) in [6, 6.07) is 10.2. The molecule has 0 spiro atoms. The van der Waals surface area contributed by atoms with E-state index in [4.69, 9.17) is 9.73 Å². The molecule has 1 aromatic heterocycles. The maximum Gasteiger partial charge on any atom is 0.194 e. The minimum Gasteiger partial charge on any atom is -0.494 e. The summed E-state index contributed by atoms with van der Waals surface area (Å²) in [7, 11) is 3.97. The van der Waals surface area contributed by atoms with Gasteiger partial charge in [0.1, 0.15) is 5.75 Å². The van der Waals surface area contributed by atoms with Crippen molar-refractivity contribution >= 4 is 29.9 Å². The molecule has 0 aliphatic carbocycles. The lowest BCUT2D eigenvalue weighted by atomic mass is 10.2. The minimum atomic E-state index is 0. The van der Waals surface area contributed by atoms with Crippen LogP contribution in [-0.2, 0) is 20.1 Å². The summed E-state index contributed by atoms with van der Waals surface area (Å²) < 4.78 is 7.33. The Kier molecular flexibility index (Phi) is 9.33. The van der Waals surface area contributed by atoms with Gasteiger partial charge in [-0.05, 0) is 37.6 Å². The van der Waals surface area contributed by atoms with Crippen molar-refractivity contribution in [1.29, 1.82) is 0 Å². The molecule has 0 saturated heterocycles. The van der Waals surface area contributed by atoms with Crippen molar-refractivity contribution < 1.29 is 4.74 Å². The first-order valence-corrected chi connectivity index (χ1v) is 8.32. The Hall–Kier alpha value is -1.77. The molecule has 1 aromatic carbocycles. The fourth-order valence-corrected chi connectivity index (χ4v) is 2.39. The van der Waals surface area contributed by atoms with E-state index in [1.165, 1.54) is 5.56 Å². The summed E-state index contributed by atoms with van der Waals surface area (Å²) in [6.07, 6.45) is 1.79. The highest BCUT2D eigenvalue weighted by Crippen LogP contribution is 2.13. The van der Waals surface area contributed by atoms with Crippen molar-refractivity contribution in [3.05, 3.63) is 47.8 Å². The number of halogens is 1. The van der Waals surface area contributed by atoms with E-state index in [0.717, 1.165) is 30.5 Å². The Morgan fingerprint density at radius 1 is 1.24 bits per heavy atom. The number of aryl methyl sites for hydroxylation is 1. The van der Waals surface area contributed by atoms with Crippen molar-refractivity contribution in [2.24, 2.45) is 12.0 Å². The Labute approximate surface area is 167 Å². The van der Waals surface area contributed by atoms with Crippen molar-refractivity contribution in [2.45, 2.75) is 26.9 Å². The van der Waals surface area contributed by atoms with Crippen LogP contribution in [0.1, 0.15) is 25.1 Å². The van der Waals surface area contributed by atoms with Gasteiger partial charge in [-0.25, -0.2) is 4.99 Å². The second kappa shape index (κ2) is 11.0. The number of nitrogens with one attached hydrogen (secondary N) is 1. The molecule has 6 nitrogen and oxygen atoms in total. The van der Waals surface area contributed by atoms with Gasteiger partial charge in [0.2, 0.25) is 0 Å². The van der Waals surface area contributed by atoms with E-state index in [0.29, 0.717) is 13.2 Å². The van der Waals surface area contributed by atoms with Crippen LogP contribution in [0.25, 0.3) is 0 Å². The lowest BCUT2D eigenvalue weighted by Gasteiger charge is -2.22. The van der Waals surface area contributed by atoms with Crippen molar-refractivity contribution in [2.75, 3.05) is 20.2 Å². The molecule has 0 bridgehead atoms. The quantitative estimate of drug-likeness (QED) is 0.395. The topological polar surface area (TPSA) is 54.7 Å². The van der Waals surface area contributed by atoms with E-state index < -0.39 is 0 Å². The normalized spacial score (nSPS) is 11.0. The third-order valence-corrected chi connectivity index (χ3v) is 3.66. The Bertz CT molecular complexity index is 654. The number of hydrogen-bond acceptors (Lipinski definition) is 3. The molecule has 0 unspecified atom stereocenters. The second-order valence-corrected chi connectivity index (χ2v) is 5.55. The summed E-state index contributed by atoms with van der Waals surface area (Å²) in [5.74, 6) is 1.79. The molecule has 0 aliphatic heterocycles. The molecule has 1 N–H and O–H groups in total. The molecular weight excluding hydrogens is 429 g/mol. The number of nitrogens with zero attached hydrogens (tertiary/aromatic N) is 4. The van der Waals surface area contributed by atoms with Crippen molar-refractivity contribution in [3.8, 4) is 5.75 Å². The fourth-order valence-electron chi connectivity index (χ4n) is 2.39. The standard InChI is InChI=1S/C18H27N5O.HI/c1-5-19-18(20-13-16-11-12-21-23(16)4)22(3)14-15-7-9-17(10-8-15)24-6-2;/h7-12H,5-6,13-14H2,1-4H3,(H,19,20);1H. The Morgan fingerprint density at radius 2 is 1.96 bits per heavy atom. The van der Waals surface area contributed by atoms with Gasteiger partial charge >= 0.3 is 0 Å². The maximum absolute atomic E-state index is 5.49. The molecule has 2 rings (SSSR count). The van der Waals surface area contributed by atoms with Gasteiger partial charge in [-0.3, -0.25) is 4.68 Å². The molecule has 0 saturated carbocycles. The highest BCUT2D eigenvalue weighted by Gasteiger charge is 2.07. The molecule has 0 fully saturated rings. The minimum absolute atomic E-state index is 0. The van der Waals surface area contributed by atoms with Crippen LogP contribution in [0, 0.1) is 0 Å². The maximum atomic E-state index is 5.49. The van der Waals surface area contributed by atoms with E-state index in [9.17, 15) is 0 Å². The number of guanidine groups is 1. The lowest BCUT2D eigenvalue weighted by molar-refractivity contribution is 0.340. The average Bonchev–Trinajstić information content (AvgIpc) is 2.98. The lowest BCUT2D eigenvalue weighted by Crippen LogP contribution is -2.38. The van der Waals surface area contributed by atoms with Crippen LogP contribution in [0.2, 0.25) is 0 Å². The highest BCUT2D eigenvalue weighted by atomic mass is 127. The zero-order valence-corrected chi connectivity index (χ0v) is 17.7. The summed E-state index contributed by atoms with van der Waals surface area (Å²) in [4.78, 5) is 6.83. The van der Waals surface area contributed by atoms with Crippen LogP contribution < -0.4 is 10.1 Å². The molecule has 0 amide bonds. The van der Waals surface area contributed by atoms with Crippen LogP contribution in [0.4, 0.5) is 0 Å². The number of aromatic nitrogens is 2. The number of ether oxygens (including phenoxy) is 1. The van der Waals surface area contributed by atoms with Gasteiger partial charge in [0.25, 0.3) is 0 Å². The fraction of sp³-hybridized carbons (Fsp3) is 0.444. The summed E-state index contributed by atoms with van der Waals surface area (Å²) in [5.41, 5.74) is 2.30. The first kappa shape index (κ1) is 21.3. The van der Waals surface area contributed by atoms with Gasteiger partial charge in [0, 0.05) is 33.4 Å². The Morgan fingerprint density at radius 3 is 2.52 bits per heavy atom. The van der Waals surface area contributed by atoms with E-state index >= 15 is 0 Å². The number of rotatable bonds is 7. The zero-order valence-electron chi connectivity index (χ0n) is 15.4. The van der Waals surface area contributed by atoms with Gasteiger partial charge in [0.05, 0.1) is 18.8 Å². The Balaban J connectivity index is 0.00000312. The van der Waals surface area contributed by atoms with Crippen LogP contribution in [0.15, 0.2) is 41.5 Å². The van der Waals surface area contributed by atoms with Gasteiger partial charge in [0.15, 0.2) is 5.96 Å². The van der Waals surface area contributed by atoms with Gasteiger partial charge in [-0.1, -0.05) is 12.1 Å². The molecule has 7 heteroatoms. The summed E-state index contributed by atoms with van der Waals surface area (Å²) >= 11 is 0. The van der Waals surface area contributed by atoms with Gasteiger partial charge in [-0.2, -0.15) is 5.10 Å². The third-order valence-electron chi connectivity index (χ3n) is 3.66. The molecule has 2 aromatic rings. The molecule has 25 heavy (non-hydrogen) atoms.